The van der Waals surface area contributed by atoms with E-state index in [0.717, 1.165) is 12.2 Å². The van der Waals surface area contributed by atoms with E-state index in [0.29, 0.717) is 19.0 Å². The molecule has 0 amide bonds. The number of nitrogens with zero attached hydrogens (tertiary/aromatic N) is 2. The van der Waals surface area contributed by atoms with Gasteiger partial charge in [0, 0.05) is 6.42 Å². The minimum atomic E-state index is 0.323. The predicted octanol–water partition coefficient (Wildman–Crippen LogP) is 0.850. The zero-order valence-corrected chi connectivity index (χ0v) is 7.00. The molecule has 0 unspecified atom stereocenters. The molecule has 4 heteroatoms. The Morgan fingerprint density at radius 1 is 1.75 bits per heavy atom. The summed E-state index contributed by atoms with van der Waals surface area (Å²) < 4.78 is 5.30. The van der Waals surface area contributed by atoms with Crippen molar-refractivity contribution in [3.8, 4) is 6.07 Å². The number of hydrogen-bond donors (Lipinski definition) is 1. The van der Waals surface area contributed by atoms with Crippen molar-refractivity contribution in [1.82, 2.24) is 10.3 Å². The third kappa shape index (κ3) is 2.36. The van der Waals surface area contributed by atoms with Crippen LogP contribution in [0.1, 0.15) is 18.6 Å². The first-order valence-corrected chi connectivity index (χ1v) is 3.88. The smallest absolute Gasteiger partial charge is 0.208 e. The number of nitrogens with one attached hydrogen (secondary N) is 1. The molecule has 0 aliphatic carbocycles. The van der Waals surface area contributed by atoms with Crippen LogP contribution in [0.2, 0.25) is 0 Å². The maximum Gasteiger partial charge on any atom is 0.208 e. The van der Waals surface area contributed by atoms with Crippen molar-refractivity contribution in [3.05, 3.63) is 17.8 Å². The van der Waals surface area contributed by atoms with Crippen molar-refractivity contribution in [1.29, 1.82) is 5.26 Å². The summed E-state index contributed by atoms with van der Waals surface area (Å²) in [6.45, 7) is 2.85. The van der Waals surface area contributed by atoms with E-state index in [4.69, 9.17) is 9.68 Å². The van der Waals surface area contributed by atoms with Crippen molar-refractivity contribution in [2.75, 3.05) is 6.54 Å². The molecule has 64 valence electrons. The lowest BCUT2D eigenvalue weighted by molar-refractivity contribution is 0.444. The Morgan fingerprint density at radius 2 is 2.58 bits per heavy atom. The molecule has 0 aromatic carbocycles. The summed E-state index contributed by atoms with van der Waals surface area (Å²) in [4.78, 5) is 4.02. The Balaban J connectivity index is 2.37. The molecule has 0 saturated heterocycles. The van der Waals surface area contributed by atoms with E-state index in [1.54, 1.807) is 6.20 Å². The number of rotatable bonds is 4. The molecular formula is C8H11N3O. The molecule has 12 heavy (non-hydrogen) atoms. The second-order valence-corrected chi connectivity index (χ2v) is 2.34. The highest BCUT2D eigenvalue weighted by atomic mass is 16.4. The van der Waals surface area contributed by atoms with Crippen LogP contribution in [0.5, 0.6) is 0 Å². The summed E-state index contributed by atoms with van der Waals surface area (Å²) in [7, 11) is 0. The highest BCUT2D eigenvalue weighted by molar-refractivity contribution is 4.93. The van der Waals surface area contributed by atoms with Crippen molar-refractivity contribution < 1.29 is 4.42 Å². The van der Waals surface area contributed by atoms with Crippen LogP contribution in [0, 0.1) is 11.3 Å². The van der Waals surface area contributed by atoms with Gasteiger partial charge in [-0.2, -0.15) is 5.26 Å². The number of aryl methyl sites for hydroxylation is 1. The average Bonchev–Trinajstić information content (AvgIpc) is 2.53. The molecule has 0 aliphatic rings. The van der Waals surface area contributed by atoms with Crippen LogP contribution >= 0.6 is 0 Å². The van der Waals surface area contributed by atoms with Crippen molar-refractivity contribution in [2.45, 2.75) is 19.9 Å². The van der Waals surface area contributed by atoms with Gasteiger partial charge >= 0.3 is 0 Å². The lowest BCUT2D eigenvalue weighted by atomic mass is 10.4. The summed E-state index contributed by atoms with van der Waals surface area (Å²) in [6, 6.07) is 1.98. The number of nitriles is 1. The molecule has 1 heterocycles. The predicted molar refractivity (Wildman–Crippen MR) is 43.2 cm³/mol. The minimum absolute atomic E-state index is 0.323. The first-order valence-electron chi connectivity index (χ1n) is 3.88. The number of aromatic nitrogens is 1. The van der Waals surface area contributed by atoms with Crippen LogP contribution in [-0.4, -0.2) is 11.5 Å². The molecule has 0 fully saturated rings. The Labute approximate surface area is 71.2 Å². The zero-order valence-electron chi connectivity index (χ0n) is 7.00. The van der Waals surface area contributed by atoms with E-state index in [1.165, 1.54) is 0 Å². The zero-order chi connectivity index (χ0) is 8.81. The van der Waals surface area contributed by atoms with Crippen LogP contribution in [0.3, 0.4) is 0 Å². The lowest BCUT2D eigenvalue weighted by Gasteiger charge is -1.93. The van der Waals surface area contributed by atoms with Gasteiger partial charge in [-0.25, -0.2) is 4.98 Å². The van der Waals surface area contributed by atoms with E-state index in [1.807, 2.05) is 13.0 Å². The molecule has 4 nitrogen and oxygen atoms in total. The maximum absolute atomic E-state index is 8.23. The topological polar surface area (TPSA) is 61.9 Å². The molecule has 1 N–H and O–H groups in total. The molecular weight excluding hydrogens is 154 g/mol. The molecule has 0 saturated carbocycles. The fourth-order valence-corrected chi connectivity index (χ4v) is 0.819. The maximum atomic E-state index is 8.23. The van der Waals surface area contributed by atoms with Gasteiger partial charge in [-0.15, -0.1) is 0 Å². The third-order valence-corrected chi connectivity index (χ3v) is 1.43. The second-order valence-electron chi connectivity index (χ2n) is 2.34. The van der Waals surface area contributed by atoms with E-state index in [-0.39, 0.29) is 0 Å². The van der Waals surface area contributed by atoms with Gasteiger partial charge in [0.25, 0.3) is 0 Å². The van der Waals surface area contributed by atoms with Gasteiger partial charge in [0.15, 0.2) is 0 Å². The van der Waals surface area contributed by atoms with Crippen molar-refractivity contribution in [3.63, 3.8) is 0 Å². The van der Waals surface area contributed by atoms with E-state index < -0.39 is 0 Å². The molecule has 1 aromatic rings. The van der Waals surface area contributed by atoms with Crippen LogP contribution < -0.4 is 5.32 Å². The Kier molecular flexibility index (Phi) is 3.30. The van der Waals surface area contributed by atoms with Crippen molar-refractivity contribution in [2.24, 2.45) is 0 Å². The lowest BCUT2D eigenvalue weighted by Crippen LogP contribution is -2.12. The van der Waals surface area contributed by atoms with Gasteiger partial charge in [-0.3, -0.25) is 5.32 Å². The fraction of sp³-hybridized carbons (Fsp3) is 0.500. The summed E-state index contributed by atoms with van der Waals surface area (Å²) in [5, 5.41) is 11.1. The van der Waals surface area contributed by atoms with E-state index >= 15 is 0 Å². The van der Waals surface area contributed by atoms with Gasteiger partial charge < -0.3 is 4.42 Å². The average molecular weight is 165 g/mol. The summed E-state index contributed by atoms with van der Waals surface area (Å²) in [6.07, 6.45) is 2.56. The summed E-state index contributed by atoms with van der Waals surface area (Å²) in [5.74, 6) is 1.52. The fourth-order valence-electron chi connectivity index (χ4n) is 0.819. The third-order valence-electron chi connectivity index (χ3n) is 1.43. The Bertz CT molecular complexity index is 274. The largest absolute Gasteiger partial charge is 0.444 e. The summed E-state index contributed by atoms with van der Waals surface area (Å²) >= 11 is 0. The molecule has 0 atom stereocenters. The molecule has 0 aliphatic heterocycles. The van der Waals surface area contributed by atoms with Gasteiger partial charge in [0.05, 0.1) is 25.4 Å². The molecule has 0 spiro atoms. The minimum Gasteiger partial charge on any atom is -0.444 e. The van der Waals surface area contributed by atoms with Crippen LogP contribution in [0.25, 0.3) is 0 Å². The quantitative estimate of drug-likeness (QED) is 0.530. The monoisotopic (exact) mass is 165 g/mol. The Morgan fingerprint density at radius 3 is 3.17 bits per heavy atom. The summed E-state index contributed by atoms with van der Waals surface area (Å²) in [5.41, 5.74) is 0. The Hall–Kier alpha value is -1.34. The number of oxazole rings is 1. The second kappa shape index (κ2) is 4.52. The molecule has 0 bridgehead atoms. The van der Waals surface area contributed by atoms with Crippen molar-refractivity contribution >= 4 is 0 Å². The SMILES string of the molecule is CCc1cnc(CNCC#N)o1. The number of hydrogen-bond acceptors (Lipinski definition) is 4. The van der Waals surface area contributed by atoms with Gasteiger partial charge in [-0.1, -0.05) is 6.92 Å². The molecule has 1 rings (SSSR count). The van der Waals surface area contributed by atoms with Crippen LogP contribution in [0.4, 0.5) is 0 Å². The van der Waals surface area contributed by atoms with Gasteiger partial charge in [0.2, 0.25) is 5.89 Å². The molecule has 1 aromatic heterocycles. The van der Waals surface area contributed by atoms with Crippen LogP contribution in [-0.2, 0) is 13.0 Å². The van der Waals surface area contributed by atoms with Gasteiger partial charge in [0.1, 0.15) is 5.76 Å². The normalized spacial score (nSPS) is 9.67. The van der Waals surface area contributed by atoms with Crippen LogP contribution in [0.15, 0.2) is 10.6 Å². The highest BCUT2D eigenvalue weighted by Crippen LogP contribution is 2.02. The van der Waals surface area contributed by atoms with E-state index in [9.17, 15) is 0 Å². The highest BCUT2D eigenvalue weighted by Gasteiger charge is 1.99. The standard InChI is InChI=1S/C8H11N3O/c1-2-7-5-11-8(12-7)6-10-4-3-9/h5,10H,2,4,6H2,1H3. The first kappa shape index (κ1) is 8.75. The van der Waals surface area contributed by atoms with E-state index in [2.05, 4.69) is 10.3 Å². The first-order chi connectivity index (χ1) is 5.86. The molecule has 0 radical (unpaired) electrons. The van der Waals surface area contributed by atoms with Gasteiger partial charge in [-0.05, 0) is 0 Å².